The van der Waals surface area contributed by atoms with Crippen molar-refractivity contribution >= 4 is 29.2 Å². The maximum absolute atomic E-state index is 11.7. The number of benzene rings is 2. The summed E-state index contributed by atoms with van der Waals surface area (Å²) in [5, 5.41) is 9.92. The fourth-order valence-corrected chi connectivity index (χ4v) is 2.63. The zero-order valence-corrected chi connectivity index (χ0v) is 15.0. The zero-order valence-electron chi connectivity index (χ0n) is 14.2. The van der Waals surface area contributed by atoms with Crippen LogP contribution in [0.1, 0.15) is 18.1 Å². The Hall–Kier alpha value is -2.66. The average molecular weight is 363 g/mol. The fourth-order valence-electron chi connectivity index (χ4n) is 2.34. The minimum Gasteiger partial charge on any atom is -0.497 e. The van der Waals surface area contributed by atoms with E-state index in [1.54, 1.807) is 43.5 Å². The molecule has 0 aliphatic heterocycles. The molecule has 0 atom stereocenters. The van der Waals surface area contributed by atoms with E-state index in [9.17, 15) is 9.90 Å². The molecule has 0 saturated heterocycles. The van der Waals surface area contributed by atoms with Crippen LogP contribution in [-0.4, -0.2) is 31.9 Å². The molecule has 2 aromatic carbocycles. The van der Waals surface area contributed by atoms with Crippen LogP contribution in [0.4, 0.5) is 0 Å². The minimum atomic E-state index is -1.05. The van der Waals surface area contributed by atoms with E-state index in [0.717, 1.165) is 0 Å². The lowest BCUT2D eigenvalue weighted by Crippen LogP contribution is -2.00. The Balaban J connectivity index is 2.51. The molecule has 0 radical (unpaired) electrons. The maximum atomic E-state index is 11.7. The van der Waals surface area contributed by atoms with Crippen molar-refractivity contribution in [1.82, 2.24) is 0 Å². The van der Waals surface area contributed by atoms with Gasteiger partial charge < -0.3 is 19.3 Å². The second-order valence-electron chi connectivity index (χ2n) is 5.06. The summed E-state index contributed by atoms with van der Waals surface area (Å²) in [4.78, 5) is 11.7. The molecule has 25 heavy (non-hydrogen) atoms. The standard InChI is InChI=1S/C19H19ClO5/c1-4-25-17-11-12(10-16(20)18(17)24-3)9-15(19(21)22)13-5-7-14(23-2)8-6-13/h5-11H,4H2,1-3H3,(H,21,22)/b15-9+. The number of aliphatic carboxylic acids is 1. The summed E-state index contributed by atoms with van der Waals surface area (Å²) in [6.07, 6.45) is 1.54. The van der Waals surface area contributed by atoms with Crippen molar-refractivity contribution < 1.29 is 24.1 Å². The highest BCUT2D eigenvalue weighted by molar-refractivity contribution is 6.32. The van der Waals surface area contributed by atoms with Gasteiger partial charge in [-0.2, -0.15) is 0 Å². The van der Waals surface area contributed by atoms with Gasteiger partial charge >= 0.3 is 5.97 Å². The number of hydrogen-bond acceptors (Lipinski definition) is 4. The predicted octanol–water partition coefficient (Wildman–Crippen LogP) is 4.38. The van der Waals surface area contributed by atoms with Crippen molar-refractivity contribution in [2.75, 3.05) is 20.8 Å². The fraction of sp³-hybridized carbons (Fsp3) is 0.211. The summed E-state index contributed by atoms with van der Waals surface area (Å²) >= 11 is 6.22. The van der Waals surface area contributed by atoms with Crippen molar-refractivity contribution in [2.45, 2.75) is 6.92 Å². The van der Waals surface area contributed by atoms with Crippen LogP contribution < -0.4 is 14.2 Å². The summed E-state index contributed by atoms with van der Waals surface area (Å²) < 4.78 is 15.9. The number of rotatable bonds is 7. The monoisotopic (exact) mass is 362 g/mol. The average Bonchev–Trinajstić information content (AvgIpc) is 2.60. The van der Waals surface area contributed by atoms with Gasteiger partial charge in [-0.3, -0.25) is 0 Å². The molecule has 0 bridgehead atoms. The van der Waals surface area contributed by atoms with Crippen LogP contribution in [0.3, 0.4) is 0 Å². The second-order valence-corrected chi connectivity index (χ2v) is 5.47. The van der Waals surface area contributed by atoms with E-state index < -0.39 is 5.97 Å². The first-order valence-electron chi connectivity index (χ1n) is 7.59. The number of carboxylic acid groups (broad SMARTS) is 1. The Morgan fingerprint density at radius 1 is 1.16 bits per heavy atom. The molecule has 132 valence electrons. The molecule has 0 saturated carbocycles. The van der Waals surface area contributed by atoms with E-state index in [1.165, 1.54) is 13.2 Å². The first-order valence-corrected chi connectivity index (χ1v) is 7.97. The Kier molecular flexibility index (Phi) is 6.31. The summed E-state index contributed by atoms with van der Waals surface area (Å²) in [5.41, 5.74) is 1.28. The number of carboxylic acids is 1. The zero-order chi connectivity index (χ0) is 18.4. The van der Waals surface area contributed by atoms with E-state index in [4.69, 9.17) is 25.8 Å². The van der Waals surface area contributed by atoms with Gasteiger partial charge in [-0.1, -0.05) is 23.7 Å². The van der Waals surface area contributed by atoms with Crippen molar-refractivity contribution in [3.63, 3.8) is 0 Å². The molecule has 0 spiro atoms. The van der Waals surface area contributed by atoms with Crippen LogP contribution in [-0.2, 0) is 4.79 Å². The number of methoxy groups -OCH3 is 2. The summed E-state index contributed by atoms with van der Waals surface area (Å²) in [6, 6.07) is 10.1. The van der Waals surface area contributed by atoms with Crippen molar-refractivity contribution in [3.05, 3.63) is 52.5 Å². The number of hydrogen-bond donors (Lipinski definition) is 1. The Bertz CT molecular complexity index is 781. The molecule has 0 amide bonds. The Labute approximate surface area is 151 Å². The van der Waals surface area contributed by atoms with Crippen LogP contribution in [0.15, 0.2) is 36.4 Å². The largest absolute Gasteiger partial charge is 0.497 e. The highest BCUT2D eigenvalue weighted by atomic mass is 35.5. The summed E-state index contributed by atoms with van der Waals surface area (Å²) in [5.74, 6) is 0.486. The minimum absolute atomic E-state index is 0.131. The molecule has 5 nitrogen and oxygen atoms in total. The molecular formula is C19H19ClO5. The van der Waals surface area contributed by atoms with Crippen LogP contribution in [0.5, 0.6) is 17.2 Å². The Morgan fingerprint density at radius 2 is 1.84 bits per heavy atom. The number of carbonyl (C=O) groups is 1. The quantitative estimate of drug-likeness (QED) is 0.585. The Morgan fingerprint density at radius 3 is 2.36 bits per heavy atom. The van der Waals surface area contributed by atoms with Gasteiger partial charge in [0.2, 0.25) is 0 Å². The molecular weight excluding hydrogens is 344 g/mol. The molecule has 0 heterocycles. The van der Waals surface area contributed by atoms with E-state index in [-0.39, 0.29) is 5.57 Å². The van der Waals surface area contributed by atoms with Gasteiger partial charge in [-0.25, -0.2) is 4.79 Å². The topological polar surface area (TPSA) is 65.0 Å². The van der Waals surface area contributed by atoms with Gasteiger partial charge in [0.25, 0.3) is 0 Å². The molecule has 0 aromatic heterocycles. The van der Waals surface area contributed by atoms with Crippen molar-refractivity contribution in [2.24, 2.45) is 0 Å². The molecule has 0 aliphatic carbocycles. The van der Waals surface area contributed by atoms with Crippen LogP contribution >= 0.6 is 11.6 Å². The predicted molar refractivity (Wildman–Crippen MR) is 97.7 cm³/mol. The van der Waals surface area contributed by atoms with E-state index >= 15 is 0 Å². The highest BCUT2D eigenvalue weighted by Gasteiger charge is 2.14. The summed E-state index contributed by atoms with van der Waals surface area (Å²) in [7, 11) is 3.05. The first-order chi connectivity index (χ1) is 12.0. The molecule has 0 aliphatic rings. The molecule has 2 aromatic rings. The van der Waals surface area contributed by atoms with Crippen LogP contribution in [0.2, 0.25) is 5.02 Å². The van der Waals surface area contributed by atoms with Gasteiger partial charge in [0.1, 0.15) is 5.75 Å². The van der Waals surface area contributed by atoms with Crippen molar-refractivity contribution in [1.29, 1.82) is 0 Å². The summed E-state index contributed by atoms with van der Waals surface area (Å²) in [6.45, 7) is 2.28. The third-order valence-corrected chi connectivity index (χ3v) is 3.76. The lowest BCUT2D eigenvalue weighted by Gasteiger charge is -2.12. The molecule has 2 rings (SSSR count). The van der Waals surface area contributed by atoms with Gasteiger partial charge in [0.05, 0.1) is 31.4 Å². The van der Waals surface area contributed by atoms with E-state index in [0.29, 0.717) is 40.0 Å². The highest BCUT2D eigenvalue weighted by Crippen LogP contribution is 2.37. The normalized spacial score (nSPS) is 11.1. The first kappa shape index (κ1) is 18.7. The third kappa shape index (κ3) is 4.45. The number of halogens is 1. The van der Waals surface area contributed by atoms with Gasteiger partial charge in [0, 0.05) is 0 Å². The second kappa shape index (κ2) is 8.44. The van der Waals surface area contributed by atoms with Crippen LogP contribution in [0.25, 0.3) is 11.6 Å². The molecule has 1 N–H and O–H groups in total. The maximum Gasteiger partial charge on any atom is 0.336 e. The van der Waals surface area contributed by atoms with E-state index in [2.05, 4.69) is 0 Å². The lowest BCUT2D eigenvalue weighted by atomic mass is 10.0. The smallest absolute Gasteiger partial charge is 0.336 e. The van der Waals surface area contributed by atoms with Crippen LogP contribution in [0, 0.1) is 0 Å². The molecule has 6 heteroatoms. The molecule has 0 unspecified atom stereocenters. The van der Waals surface area contributed by atoms with Gasteiger partial charge in [0.15, 0.2) is 11.5 Å². The van der Waals surface area contributed by atoms with Gasteiger partial charge in [-0.05, 0) is 48.4 Å². The third-order valence-electron chi connectivity index (χ3n) is 3.48. The van der Waals surface area contributed by atoms with Gasteiger partial charge in [-0.15, -0.1) is 0 Å². The SMILES string of the molecule is CCOc1cc(/C=C(/C(=O)O)c2ccc(OC)cc2)cc(Cl)c1OC. The lowest BCUT2D eigenvalue weighted by molar-refractivity contribution is -0.130. The van der Waals surface area contributed by atoms with Crippen molar-refractivity contribution in [3.8, 4) is 17.2 Å². The van der Waals surface area contributed by atoms with E-state index in [1.807, 2.05) is 6.92 Å². The molecule has 0 fully saturated rings. The number of ether oxygens (including phenoxy) is 3.